The summed E-state index contributed by atoms with van der Waals surface area (Å²) in [6, 6.07) is 14.8. The maximum Gasteiger partial charge on any atom is 0.172 e. The minimum atomic E-state index is -0.191. The van der Waals surface area contributed by atoms with E-state index in [-0.39, 0.29) is 29.7 Å². The first-order chi connectivity index (χ1) is 9.75. The van der Waals surface area contributed by atoms with Gasteiger partial charge in [-0.15, -0.1) is 0 Å². The molecule has 0 radical (unpaired) electrons. The Morgan fingerprint density at radius 3 is 2.55 bits per heavy atom. The van der Waals surface area contributed by atoms with E-state index in [0.29, 0.717) is 12.0 Å². The number of hydrogen-bond acceptors (Lipinski definition) is 3. The Morgan fingerprint density at radius 2 is 1.75 bits per heavy atom. The third kappa shape index (κ3) is 1.53. The number of ether oxygens (including phenoxy) is 1. The summed E-state index contributed by atoms with van der Waals surface area (Å²) in [6.07, 6.45) is 0.564. The lowest BCUT2D eigenvalue weighted by atomic mass is 9.80. The number of para-hydroxylation sites is 1. The molecule has 20 heavy (non-hydrogen) atoms. The number of ketones is 1. The molecule has 1 N–H and O–H groups in total. The zero-order valence-electron chi connectivity index (χ0n) is 10.8. The van der Waals surface area contributed by atoms with Crippen molar-refractivity contribution < 1.29 is 14.6 Å². The van der Waals surface area contributed by atoms with E-state index in [1.54, 1.807) is 24.3 Å². The molecule has 100 valence electrons. The van der Waals surface area contributed by atoms with E-state index in [9.17, 15) is 9.90 Å². The first kappa shape index (κ1) is 11.7. The first-order valence-electron chi connectivity index (χ1n) is 6.82. The van der Waals surface area contributed by atoms with E-state index in [1.165, 1.54) is 5.56 Å². The van der Waals surface area contributed by atoms with Crippen LogP contribution < -0.4 is 0 Å². The number of carbonyl (C=O) groups excluding carboxylic acids is 1. The smallest absolute Gasteiger partial charge is 0.172 e. The van der Waals surface area contributed by atoms with Gasteiger partial charge >= 0.3 is 0 Å². The summed E-state index contributed by atoms with van der Waals surface area (Å²) < 4.78 is 5.94. The topological polar surface area (TPSA) is 46.5 Å². The van der Waals surface area contributed by atoms with Gasteiger partial charge in [-0.2, -0.15) is 0 Å². The zero-order chi connectivity index (χ0) is 13.7. The lowest BCUT2D eigenvalue weighted by Gasteiger charge is -2.20. The second-order valence-electron chi connectivity index (χ2n) is 5.40. The van der Waals surface area contributed by atoms with Crippen molar-refractivity contribution in [1.29, 1.82) is 0 Å². The molecule has 0 spiro atoms. The molecule has 2 aliphatic rings. The van der Waals surface area contributed by atoms with Crippen molar-refractivity contribution in [3.05, 3.63) is 65.2 Å². The molecular formula is C17H14O3. The quantitative estimate of drug-likeness (QED) is 0.847. The number of fused-ring (bicyclic) bond motifs is 5. The molecule has 4 rings (SSSR count). The van der Waals surface area contributed by atoms with Gasteiger partial charge in [-0.1, -0.05) is 36.4 Å². The van der Waals surface area contributed by atoms with Gasteiger partial charge in [-0.05, 0) is 29.7 Å². The third-order valence-electron chi connectivity index (χ3n) is 4.30. The number of phenols is 1. The van der Waals surface area contributed by atoms with Crippen LogP contribution in [0, 0.1) is 5.92 Å². The Kier molecular flexibility index (Phi) is 2.44. The highest BCUT2D eigenvalue weighted by atomic mass is 16.5. The van der Waals surface area contributed by atoms with Gasteiger partial charge in [0.05, 0.1) is 23.7 Å². The van der Waals surface area contributed by atoms with E-state index >= 15 is 0 Å². The monoisotopic (exact) mass is 266 g/mol. The SMILES string of the molecule is O=C(c1ccccc1O)C1CC2OC1c1ccccc12. The largest absolute Gasteiger partial charge is 0.507 e. The molecule has 3 heteroatoms. The van der Waals surface area contributed by atoms with Crippen molar-refractivity contribution in [2.75, 3.05) is 0 Å². The Balaban J connectivity index is 1.70. The van der Waals surface area contributed by atoms with E-state index in [1.807, 2.05) is 18.2 Å². The molecule has 0 aliphatic carbocycles. The zero-order valence-corrected chi connectivity index (χ0v) is 10.8. The number of Topliss-reactive ketones (excluding diaryl/α,β-unsaturated/α-hetero) is 1. The molecule has 2 aromatic carbocycles. The fourth-order valence-electron chi connectivity index (χ4n) is 3.36. The number of carbonyl (C=O) groups is 1. The molecule has 1 fully saturated rings. The van der Waals surface area contributed by atoms with Crippen molar-refractivity contribution >= 4 is 5.78 Å². The van der Waals surface area contributed by atoms with Crippen LogP contribution in [0.15, 0.2) is 48.5 Å². The van der Waals surface area contributed by atoms with E-state index in [0.717, 1.165) is 5.56 Å². The summed E-state index contributed by atoms with van der Waals surface area (Å²) in [4.78, 5) is 12.6. The van der Waals surface area contributed by atoms with Crippen LogP contribution in [0.25, 0.3) is 0 Å². The molecule has 2 heterocycles. The van der Waals surface area contributed by atoms with Crippen molar-refractivity contribution in [3.63, 3.8) is 0 Å². The summed E-state index contributed by atoms with van der Waals surface area (Å²) in [7, 11) is 0. The van der Waals surface area contributed by atoms with Crippen molar-refractivity contribution in [2.24, 2.45) is 5.92 Å². The molecule has 3 nitrogen and oxygen atoms in total. The van der Waals surface area contributed by atoms with Gasteiger partial charge in [0.2, 0.25) is 0 Å². The summed E-state index contributed by atoms with van der Waals surface area (Å²) in [5.41, 5.74) is 2.72. The molecule has 2 bridgehead atoms. The first-order valence-corrected chi connectivity index (χ1v) is 6.82. The number of hydrogen-bond donors (Lipinski definition) is 1. The Bertz CT molecular complexity index is 692. The summed E-state index contributed by atoms with van der Waals surface area (Å²) in [5.74, 6) is -0.165. The Hall–Kier alpha value is -2.13. The maximum atomic E-state index is 12.6. The fourth-order valence-corrected chi connectivity index (χ4v) is 3.36. The van der Waals surface area contributed by atoms with Gasteiger partial charge in [0.15, 0.2) is 5.78 Å². The van der Waals surface area contributed by atoms with Gasteiger partial charge in [0, 0.05) is 0 Å². The Morgan fingerprint density at radius 1 is 1.05 bits per heavy atom. The number of benzene rings is 2. The van der Waals surface area contributed by atoms with Crippen molar-refractivity contribution in [1.82, 2.24) is 0 Å². The molecule has 0 amide bonds. The van der Waals surface area contributed by atoms with Crippen LogP contribution in [0.4, 0.5) is 0 Å². The van der Waals surface area contributed by atoms with Crippen LogP contribution in [0.3, 0.4) is 0 Å². The highest BCUT2D eigenvalue weighted by Gasteiger charge is 2.48. The number of rotatable bonds is 2. The summed E-state index contributed by atoms with van der Waals surface area (Å²) in [6.45, 7) is 0. The van der Waals surface area contributed by atoms with E-state index < -0.39 is 0 Å². The van der Waals surface area contributed by atoms with Crippen LogP contribution in [0.5, 0.6) is 5.75 Å². The maximum absolute atomic E-state index is 12.6. The van der Waals surface area contributed by atoms with Gasteiger partial charge < -0.3 is 9.84 Å². The molecular weight excluding hydrogens is 252 g/mol. The molecule has 0 saturated carbocycles. The van der Waals surface area contributed by atoms with Crippen LogP contribution >= 0.6 is 0 Å². The third-order valence-corrected chi connectivity index (χ3v) is 4.30. The highest BCUT2D eigenvalue weighted by molar-refractivity contribution is 6.01. The second-order valence-corrected chi connectivity index (χ2v) is 5.40. The van der Waals surface area contributed by atoms with Crippen LogP contribution in [0.2, 0.25) is 0 Å². The lowest BCUT2D eigenvalue weighted by Crippen LogP contribution is -2.20. The van der Waals surface area contributed by atoms with E-state index in [2.05, 4.69) is 6.07 Å². The minimum absolute atomic E-state index is 0.0231. The molecule has 2 aromatic rings. The normalized spacial score (nSPS) is 26.5. The van der Waals surface area contributed by atoms with Crippen LogP contribution in [0.1, 0.15) is 40.1 Å². The fraction of sp³-hybridized carbons (Fsp3) is 0.235. The van der Waals surface area contributed by atoms with Crippen molar-refractivity contribution in [2.45, 2.75) is 18.6 Å². The predicted octanol–water partition coefficient (Wildman–Crippen LogP) is 3.41. The predicted molar refractivity (Wildman–Crippen MR) is 73.6 cm³/mol. The second kappa shape index (κ2) is 4.18. The molecule has 1 saturated heterocycles. The molecule has 3 unspecified atom stereocenters. The summed E-state index contributed by atoms with van der Waals surface area (Å²) >= 11 is 0. The average molecular weight is 266 g/mol. The standard InChI is InChI=1S/C17H14O3/c18-14-8-4-3-7-12(14)16(19)13-9-15-10-5-1-2-6-11(10)17(13)20-15/h1-8,13,15,17-18H,9H2. The number of phenolic OH excluding ortho intramolecular Hbond substituents is 1. The van der Waals surface area contributed by atoms with Gasteiger partial charge in [0.1, 0.15) is 5.75 Å². The summed E-state index contributed by atoms with van der Waals surface area (Å²) in [5, 5.41) is 9.85. The minimum Gasteiger partial charge on any atom is -0.507 e. The Labute approximate surface area is 116 Å². The van der Waals surface area contributed by atoms with Gasteiger partial charge in [-0.25, -0.2) is 0 Å². The lowest BCUT2D eigenvalue weighted by molar-refractivity contribution is 0.0548. The van der Waals surface area contributed by atoms with Crippen LogP contribution in [-0.2, 0) is 4.74 Å². The van der Waals surface area contributed by atoms with Crippen molar-refractivity contribution in [3.8, 4) is 5.75 Å². The van der Waals surface area contributed by atoms with Gasteiger partial charge in [-0.3, -0.25) is 4.79 Å². The van der Waals surface area contributed by atoms with Gasteiger partial charge in [0.25, 0.3) is 0 Å². The van der Waals surface area contributed by atoms with E-state index in [4.69, 9.17) is 4.74 Å². The molecule has 0 aromatic heterocycles. The molecule has 3 atom stereocenters. The number of aromatic hydroxyl groups is 1. The highest BCUT2D eigenvalue weighted by Crippen LogP contribution is 2.54. The average Bonchev–Trinajstić information content (AvgIpc) is 3.06. The molecule has 2 aliphatic heterocycles. The van der Waals surface area contributed by atoms with Crippen LogP contribution in [-0.4, -0.2) is 10.9 Å².